The van der Waals surface area contributed by atoms with Crippen LogP contribution in [0.15, 0.2) is 42.0 Å². The number of benzene rings is 2. The molecule has 9 heteroatoms. The number of ether oxygens (including phenoxy) is 3. The fourth-order valence-electron chi connectivity index (χ4n) is 2.40. The number of methoxy groups -OCH3 is 3. The fraction of sp³-hybridized carbons (Fsp3) is 0.158. The summed E-state index contributed by atoms with van der Waals surface area (Å²) in [6.07, 6.45) is 1.34. The molecule has 0 aliphatic rings. The van der Waals surface area contributed by atoms with E-state index < -0.39 is 10.8 Å². The van der Waals surface area contributed by atoms with E-state index in [9.17, 15) is 20.2 Å². The molecule has 0 bridgehead atoms. The number of nitro groups is 1. The summed E-state index contributed by atoms with van der Waals surface area (Å²) >= 11 is 0. The van der Waals surface area contributed by atoms with Crippen molar-refractivity contribution in [1.82, 2.24) is 0 Å². The van der Waals surface area contributed by atoms with Crippen LogP contribution in [-0.4, -0.2) is 32.2 Å². The zero-order valence-corrected chi connectivity index (χ0v) is 15.4. The molecule has 0 fully saturated rings. The third-order valence-corrected chi connectivity index (χ3v) is 3.68. The average molecular weight is 383 g/mol. The minimum absolute atomic E-state index is 0.176. The number of anilines is 1. The van der Waals surface area contributed by atoms with E-state index in [1.54, 1.807) is 12.1 Å². The number of carbonyl (C=O) groups excluding carboxylic acids is 1. The van der Waals surface area contributed by atoms with Crippen molar-refractivity contribution in [3.05, 3.63) is 57.6 Å². The third kappa shape index (κ3) is 4.56. The van der Waals surface area contributed by atoms with Crippen molar-refractivity contribution in [1.29, 1.82) is 5.26 Å². The van der Waals surface area contributed by atoms with Gasteiger partial charge in [-0.25, -0.2) is 0 Å². The van der Waals surface area contributed by atoms with Gasteiger partial charge in [0.05, 0.1) is 26.3 Å². The van der Waals surface area contributed by atoms with Gasteiger partial charge in [0, 0.05) is 17.8 Å². The number of amides is 1. The summed E-state index contributed by atoms with van der Waals surface area (Å²) in [4.78, 5) is 22.7. The second kappa shape index (κ2) is 9.05. The Kier molecular flexibility index (Phi) is 6.54. The van der Waals surface area contributed by atoms with Gasteiger partial charge in [0.25, 0.3) is 11.6 Å². The number of nitrogens with one attached hydrogen (secondary N) is 1. The predicted octanol–water partition coefficient (Wildman–Crippen LogP) is 3.17. The van der Waals surface area contributed by atoms with Gasteiger partial charge in [-0.15, -0.1) is 0 Å². The summed E-state index contributed by atoms with van der Waals surface area (Å²) in [5.74, 6) is 0.396. The predicted molar refractivity (Wildman–Crippen MR) is 101 cm³/mol. The number of non-ortho nitro benzene ring substituents is 1. The zero-order chi connectivity index (χ0) is 20.7. The van der Waals surface area contributed by atoms with Crippen LogP contribution in [0.3, 0.4) is 0 Å². The van der Waals surface area contributed by atoms with Gasteiger partial charge in [-0.2, -0.15) is 5.26 Å². The molecule has 0 spiro atoms. The Morgan fingerprint density at radius 2 is 1.79 bits per heavy atom. The Morgan fingerprint density at radius 3 is 2.29 bits per heavy atom. The number of carbonyl (C=O) groups is 1. The van der Waals surface area contributed by atoms with Crippen LogP contribution >= 0.6 is 0 Å². The van der Waals surface area contributed by atoms with E-state index in [0.717, 1.165) is 0 Å². The Morgan fingerprint density at radius 1 is 1.14 bits per heavy atom. The van der Waals surface area contributed by atoms with E-state index in [1.165, 1.54) is 51.7 Å². The normalized spacial score (nSPS) is 10.6. The molecule has 144 valence electrons. The van der Waals surface area contributed by atoms with Crippen LogP contribution in [-0.2, 0) is 4.79 Å². The largest absolute Gasteiger partial charge is 0.493 e. The molecule has 0 saturated heterocycles. The average Bonchev–Trinajstić information content (AvgIpc) is 2.71. The number of hydrogen-bond acceptors (Lipinski definition) is 7. The molecular weight excluding hydrogens is 366 g/mol. The minimum Gasteiger partial charge on any atom is -0.493 e. The maximum Gasteiger partial charge on any atom is 0.271 e. The molecule has 0 atom stereocenters. The van der Waals surface area contributed by atoms with Crippen LogP contribution in [0.5, 0.6) is 17.2 Å². The molecule has 2 rings (SSSR count). The molecule has 2 aromatic rings. The SMILES string of the molecule is COc1cc(C=C(C#N)C(=O)Nc2cccc([N+](=O)[O-])c2)cc(OC)c1OC. The molecule has 0 aliphatic carbocycles. The van der Waals surface area contributed by atoms with Gasteiger partial charge in [0.15, 0.2) is 11.5 Å². The van der Waals surface area contributed by atoms with E-state index >= 15 is 0 Å². The van der Waals surface area contributed by atoms with E-state index in [0.29, 0.717) is 22.8 Å². The lowest BCUT2D eigenvalue weighted by atomic mass is 10.1. The van der Waals surface area contributed by atoms with Crippen molar-refractivity contribution in [2.45, 2.75) is 0 Å². The van der Waals surface area contributed by atoms with E-state index in [-0.39, 0.29) is 16.9 Å². The molecule has 0 aliphatic heterocycles. The first-order valence-corrected chi connectivity index (χ1v) is 7.91. The first-order chi connectivity index (χ1) is 13.4. The number of rotatable bonds is 7. The Hall–Kier alpha value is -4.06. The third-order valence-electron chi connectivity index (χ3n) is 3.68. The van der Waals surface area contributed by atoms with Gasteiger partial charge in [0.1, 0.15) is 11.6 Å². The van der Waals surface area contributed by atoms with E-state index in [4.69, 9.17) is 14.2 Å². The summed E-state index contributed by atoms with van der Waals surface area (Å²) in [6, 6.07) is 10.4. The number of nitrogens with zero attached hydrogens (tertiary/aromatic N) is 2. The van der Waals surface area contributed by atoms with Crippen molar-refractivity contribution in [3.63, 3.8) is 0 Å². The zero-order valence-electron chi connectivity index (χ0n) is 15.4. The fourth-order valence-corrected chi connectivity index (χ4v) is 2.40. The van der Waals surface area contributed by atoms with Crippen molar-refractivity contribution < 1.29 is 23.9 Å². The molecule has 0 aromatic heterocycles. The topological polar surface area (TPSA) is 124 Å². The second-order valence-electron chi connectivity index (χ2n) is 5.39. The Balaban J connectivity index is 2.35. The van der Waals surface area contributed by atoms with Crippen LogP contribution in [0.2, 0.25) is 0 Å². The Labute approximate surface area is 160 Å². The smallest absolute Gasteiger partial charge is 0.271 e. The van der Waals surface area contributed by atoms with Crippen LogP contribution in [0.4, 0.5) is 11.4 Å². The van der Waals surface area contributed by atoms with Crippen molar-refractivity contribution in [2.75, 3.05) is 26.6 Å². The molecule has 0 radical (unpaired) electrons. The van der Waals surface area contributed by atoms with Gasteiger partial charge in [-0.05, 0) is 29.8 Å². The summed E-state index contributed by atoms with van der Waals surface area (Å²) < 4.78 is 15.7. The van der Waals surface area contributed by atoms with Crippen molar-refractivity contribution >= 4 is 23.4 Å². The second-order valence-corrected chi connectivity index (χ2v) is 5.39. The van der Waals surface area contributed by atoms with Crippen LogP contribution < -0.4 is 19.5 Å². The maximum absolute atomic E-state index is 12.4. The summed E-state index contributed by atoms with van der Waals surface area (Å²) in [5.41, 5.74) is 0.288. The van der Waals surface area contributed by atoms with E-state index in [2.05, 4.69) is 5.32 Å². The highest BCUT2D eigenvalue weighted by molar-refractivity contribution is 6.09. The van der Waals surface area contributed by atoms with Gasteiger partial charge in [0.2, 0.25) is 5.75 Å². The van der Waals surface area contributed by atoms with Gasteiger partial charge < -0.3 is 19.5 Å². The Bertz CT molecular complexity index is 953. The van der Waals surface area contributed by atoms with Gasteiger partial charge in [-0.1, -0.05) is 6.07 Å². The van der Waals surface area contributed by atoms with Crippen LogP contribution in [0.1, 0.15) is 5.56 Å². The highest BCUT2D eigenvalue weighted by Gasteiger charge is 2.15. The quantitative estimate of drug-likeness (QED) is 0.337. The molecule has 1 amide bonds. The molecule has 0 heterocycles. The monoisotopic (exact) mass is 383 g/mol. The maximum atomic E-state index is 12.4. The lowest BCUT2D eigenvalue weighted by Crippen LogP contribution is -2.13. The lowest BCUT2D eigenvalue weighted by molar-refractivity contribution is -0.384. The minimum atomic E-state index is -0.711. The first-order valence-electron chi connectivity index (χ1n) is 7.91. The molecule has 0 saturated carbocycles. The van der Waals surface area contributed by atoms with Crippen molar-refractivity contribution in [3.8, 4) is 23.3 Å². The first kappa shape index (κ1) is 20.3. The number of hydrogen-bond donors (Lipinski definition) is 1. The van der Waals surface area contributed by atoms with Gasteiger partial charge >= 0.3 is 0 Å². The van der Waals surface area contributed by atoms with E-state index in [1.807, 2.05) is 6.07 Å². The summed E-state index contributed by atoms with van der Waals surface area (Å²) in [5, 5.41) is 22.7. The summed E-state index contributed by atoms with van der Waals surface area (Å²) in [7, 11) is 4.36. The van der Waals surface area contributed by atoms with Crippen LogP contribution in [0, 0.1) is 21.4 Å². The van der Waals surface area contributed by atoms with Crippen LogP contribution in [0.25, 0.3) is 6.08 Å². The molecule has 2 aromatic carbocycles. The molecule has 28 heavy (non-hydrogen) atoms. The standard InChI is InChI=1S/C19H17N3O6/c1-26-16-8-12(9-17(27-2)18(16)28-3)7-13(11-20)19(23)21-14-5-4-6-15(10-14)22(24)25/h4-10H,1-3H3,(H,21,23). The highest BCUT2D eigenvalue weighted by Crippen LogP contribution is 2.38. The summed E-state index contributed by atoms with van der Waals surface area (Å²) in [6.45, 7) is 0. The van der Waals surface area contributed by atoms with Crippen molar-refractivity contribution in [2.24, 2.45) is 0 Å². The number of nitriles is 1. The number of nitro benzene ring substituents is 1. The molecule has 1 N–H and O–H groups in total. The lowest BCUT2D eigenvalue weighted by Gasteiger charge is -2.13. The highest BCUT2D eigenvalue weighted by atomic mass is 16.6. The molecule has 9 nitrogen and oxygen atoms in total. The molecular formula is C19H17N3O6. The molecule has 0 unspecified atom stereocenters. The van der Waals surface area contributed by atoms with Gasteiger partial charge in [-0.3, -0.25) is 14.9 Å².